The molecule has 0 radical (unpaired) electrons. The quantitative estimate of drug-likeness (QED) is 0.906. The van der Waals surface area contributed by atoms with E-state index in [0.717, 1.165) is 22.8 Å². The molecular formula is C14H16N2O4S. The highest BCUT2D eigenvalue weighted by Crippen LogP contribution is 2.23. The summed E-state index contributed by atoms with van der Waals surface area (Å²) in [7, 11) is -3.96. The first-order chi connectivity index (χ1) is 9.68. The van der Waals surface area contributed by atoms with Crippen LogP contribution < -0.4 is 10.5 Å². The highest BCUT2D eigenvalue weighted by atomic mass is 32.2. The summed E-state index contributed by atoms with van der Waals surface area (Å²) in [6, 6.07) is 6.31. The number of anilines is 1. The van der Waals surface area contributed by atoms with E-state index in [2.05, 4.69) is 5.32 Å². The lowest BCUT2D eigenvalue weighted by atomic mass is 10.1. The molecular weight excluding hydrogens is 292 g/mol. The summed E-state index contributed by atoms with van der Waals surface area (Å²) in [5, 5.41) is 7.21. The first-order valence-corrected chi connectivity index (χ1v) is 7.75. The molecule has 2 aromatic rings. The number of carbonyl (C=O) groups is 1. The molecule has 1 aromatic heterocycles. The van der Waals surface area contributed by atoms with Gasteiger partial charge in [0, 0.05) is 5.69 Å². The van der Waals surface area contributed by atoms with Gasteiger partial charge in [-0.3, -0.25) is 4.79 Å². The SMILES string of the molecule is Cc1cc(C)c(NC(=O)c2ccc(S(N)(=O)=O)o2)c(C)c1. The number of furan rings is 1. The summed E-state index contributed by atoms with van der Waals surface area (Å²) in [5.74, 6) is -0.640. The Kier molecular flexibility index (Phi) is 3.89. The van der Waals surface area contributed by atoms with Gasteiger partial charge in [-0.05, 0) is 44.0 Å². The zero-order valence-corrected chi connectivity index (χ0v) is 12.7. The molecule has 0 atom stereocenters. The third kappa shape index (κ3) is 3.32. The van der Waals surface area contributed by atoms with Crippen LogP contribution in [0.25, 0.3) is 0 Å². The van der Waals surface area contributed by atoms with Gasteiger partial charge in [-0.25, -0.2) is 13.6 Å². The van der Waals surface area contributed by atoms with E-state index in [0.29, 0.717) is 5.69 Å². The maximum atomic E-state index is 12.1. The molecule has 1 heterocycles. The van der Waals surface area contributed by atoms with E-state index in [9.17, 15) is 13.2 Å². The van der Waals surface area contributed by atoms with Crippen molar-refractivity contribution in [3.05, 3.63) is 46.7 Å². The van der Waals surface area contributed by atoms with Gasteiger partial charge < -0.3 is 9.73 Å². The van der Waals surface area contributed by atoms with Gasteiger partial charge in [0.2, 0.25) is 5.09 Å². The smallest absolute Gasteiger partial charge is 0.291 e. The van der Waals surface area contributed by atoms with Crippen molar-refractivity contribution < 1.29 is 17.6 Å². The molecule has 0 unspecified atom stereocenters. The van der Waals surface area contributed by atoms with Crippen LogP contribution in [0.5, 0.6) is 0 Å². The van der Waals surface area contributed by atoms with Gasteiger partial charge >= 0.3 is 0 Å². The molecule has 0 aliphatic carbocycles. The second kappa shape index (κ2) is 5.34. The van der Waals surface area contributed by atoms with Crippen LogP contribution in [0.2, 0.25) is 0 Å². The fraction of sp³-hybridized carbons (Fsp3) is 0.214. The number of primary sulfonamides is 1. The molecule has 21 heavy (non-hydrogen) atoms. The van der Waals surface area contributed by atoms with Gasteiger partial charge in [-0.2, -0.15) is 0 Å². The van der Waals surface area contributed by atoms with Crippen LogP contribution in [-0.2, 0) is 10.0 Å². The predicted molar refractivity (Wildman–Crippen MR) is 78.7 cm³/mol. The lowest BCUT2D eigenvalue weighted by molar-refractivity contribution is 0.0991. The van der Waals surface area contributed by atoms with Gasteiger partial charge in [0.05, 0.1) is 0 Å². The molecule has 1 aromatic carbocycles. The van der Waals surface area contributed by atoms with E-state index in [1.54, 1.807) is 0 Å². The van der Waals surface area contributed by atoms with Crippen LogP contribution >= 0.6 is 0 Å². The number of hydrogen-bond donors (Lipinski definition) is 2. The number of nitrogens with one attached hydrogen (secondary N) is 1. The van der Waals surface area contributed by atoms with Crippen molar-refractivity contribution in [3.8, 4) is 0 Å². The van der Waals surface area contributed by atoms with Gasteiger partial charge in [0.15, 0.2) is 5.76 Å². The number of aryl methyl sites for hydroxylation is 3. The number of carbonyl (C=O) groups excluding carboxylic acids is 1. The lowest BCUT2D eigenvalue weighted by Crippen LogP contribution is -2.14. The molecule has 0 saturated heterocycles. The number of amides is 1. The van der Waals surface area contributed by atoms with Crippen molar-refractivity contribution >= 4 is 21.6 Å². The van der Waals surface area contributed by atoms with Crippen molar-refractivity contribution in [1.82, 2.24) is 0 Å². The summed E-state index contributed by atoms with van der Waals surface area (Å²) in [5.41, 5.74) is 3.61. The first-order valence-electron chi connectivity index (χ1n) is 6.20. The van der Waals surface area contributed by atoms with Crippen LogP contribution in [0, 0.1) is 20.8 Å². The first kappa shape index (κ1) is 15.3. The van der Waals surface area contributed by atoms with E-state index in [1.807, 2.05) is 32.9 Å². The van der Waals surface area contributed by atoms with Crippen LogP contribution in [0.15, 0.2) is 33.8 Å². The van der Waals surface area contributed by atoms with Gasteiger partial charge in [-0.1, -0.05) is 17.7 Å². The summed E-state index contributed by atoms with van der Waals surface area (Å²) in [4.78, 5) is 12.1. The monoisotopic (exact) mass is 308 g/mol. The molecule has 1 amide bonds. The van der Waals surface area contributed by atoms with E-state index in [-0.39, 0.29) is 5.76 Å². The average molecular weight is 308 g/mol. The molecule has 3 N–H and O–H groups in total. The number of benzene rings is 1. The number of nitrogens with two attached hydrogens (primary N) is 1. The maximum absolute atomic E-state index is 12.1. The zero-order chi connectivity index (χ0) is 15.8. The van der Waals surface area contributed by atoms with E-state index in [1.165, 1.54) is 6.07 Å². The summed E-state index contributed by atoms with van der Waals surface area (Å²) in [6.07, 6.45) is 0. The summed E-state index contributed by atoms with van der Waals surface area (Å²) in [6.45, 7) is 5.73. The molecule has 0 aliphatic rings. The second-order valence-corrected chi connectivity index (χ2v) is 6.38. The molecule has 2 rings (SSSR count). The van der Waals surface area contributed by atoms with Crippen molar-refractivity contribution in [2.75, 3.05) is 5.32 Å². The third-order valence-electron chi connectivity index (χ3n) is 3.00. The molecule has 0 saturated carbocycles. The van der Waals surface area contributed by atoms with Gasteiger partial charge in [0.1, 0.15) is 0 Å². The van der Waals surface area contributed by atoms with Crippen LogP contribution in [0.4, 0.5) is 5.69 Å². The highest BCUT2D eigenvalue weighted by molar-refractivity contribution is 7.89. The second-order valence-electron chi connectivity index (χ2n) is 4.89. The Hall–Kier alpha value is -2.12. The fourth-order valence-corrected chi connectivity index (χ4v) is 2.61. The molecule has 0 fully saturated rings. The summed E-state index contributed by atoms with van der Waals surface area (Å²) < 4.78 is 27.2. The Morgan fingerprint density at radius 3 is 2.19 bits per heavy atom. The fourth-order valence-electron chi connectivity index (χ4n) is 2.15. The Bertz CT molecular complexity index is 783. The largest absolute Gasteiger partial charge is 0.438 e. The Labute approximate surface area is 123 Å². The minimum absolute atomic E-state index is 0.113. The van der Waals surface area contributed by atoms with E-state index >= 15 is 0 Å². The molecule has 0 aliphatic heterocycles. The van der Waals surface area contributed by atoms with Gasteiger partial charge in [-0.15, -0.1) is 0 Å². The topological polar surface area (TPSA) is 102 Å². The van der Waals surface area contributed by atoms with E-state index in [4.69, 9.17) is 9.56 Å². The highest BCUT2D eigenvalue weighted by Gasteiger charge is 2.18. The number of sulfonamides is 1. The molecule has 6 nitrogen and oxygen atoms in total. The van der Waals surface area contributed by atoms with Crippen LogP contribution in [0.1, 0.15) is 27.2 Å². The third-order valence-corrected chi connectivity index (χ3v) is 3.78. The van der Waals surface area contributed by atoms with Crippen molar-refractivity contribution in [1.29, 1.82) is 0 Å². The predicted octanol–water partition coefficient (Wildman–Crippen LogP) is 2.10. The molecule has 0 bridgehead atoms. The minimum Gasteiger partial charge on any atom is -0.438 e. The molecule has 112 valence electrons. The Morgan fingerprint density at radius 1 is 1.14 bits per heavy atom. The van der Waals surface area contributed by atoms with Crippen molar-refractivity contribution in [2.45, 2.75) is 25.9 Å². The zero-order valence-electron chi connectivity index (χ0n) is 11.9. The standard InChI is InChI=1S/C14H16N2O4S/c1-8-6-9(2)13(10(3)7-8)16-14(17)11-4-5-12(20-11)21(15,18)19/h4-7H,1-3H3,(H,16,17)(H2,15,18,19). The number of hydrogen-bond acceptors (Lipinski definition) is 4. The van der Waals surface area contributed by atoms with Crippen molar-refractivity contribution in [3.63, 3.8) is 0 Å². The average Bonchev–Trinajstić information content (AvgIpc) is 2.82. The van der Waals surface area contributed by atoms with Crippen molar-refractivity contribution in [2.24, 2.45) is 5.14 Å². The Balaban J connectivity index is 2.29. The van der Waals surface area contributed by atoms with E-state index < -0.39 is 21.0 Å². The Morgan fingerprint density at radius 2 is 1.71 bits per heavy atom. The van der Waals surface area contributed by atoms with Crippen LogP contribution in [-0.4, -0.2) is 14.3 Å². The maximum Gasteiger partial charge on any atom is 0.291 e. The minimum atomic E-state index is -3.96. The number of rotatable bonds is 3. The molecule has 0 spiro atoms. The van der Waals surface area contributed by atoms with Crippen LogP contribution in [0.3, 0.4) is 0 Å². The summed E-state index contributed by atoms with van der Waals surface area (Å²) >= 11 is 0. The normalized spacial score (nSPS) is 11.4. The molecule has 7 heteroatoms. The van der Waals surface area contributed by atoms with Gasteiger partial charge in [0.25, 0.3) is 15.9 Å². The lowest BCUT2D eigenvalue weighted by Gasteiger charge is -2.11.